The van der Waals surface area contributed by atoms with Crippen LogP contribution in [0.4, 0.5) is 27.6 Å². The number of alkyl halides is 3. The number of primary amides is 1. The molecule has 0 atom stereocenters. The first-order chi connectivity index (χ1) is 19.9. The zero-order valence-electron chi connectivity index (χ0n) is 21.8. The van der Waals surface area contributed by atoms with Crippen LogP contribution < -0.4 is 15.8 Å². The van der Waals surface area contributed by atoms with E-state index >= 15 is 0 Å². The minimum absolute atomic E-state index is 0.0452. The average molecular weight is 606 g/mol. The Morgan fingerprint density at radius 3 is 2.55 bits per heavy atom. The summed E-state index contributed by atoms with van der Waals surface area (Å²) in [6, 6.07) is 4.89. The molecule has 0 saturated carbocycles. The summed E-state index contributed by atoms with van der Waals surface area (Å²) in [5.41, 5.74) is 5.00. The minimum atomic E-state index is -4.80. The van der Waals surface area contributed by atoms with Gasteiger partial charge in [-0.05, 0) is 43.7 Å². The summed E-state index contributed by atoms with van der Waals surface area (Å²) in [5.74, 6) is -3.77. The van der Waals surface area contributed by atoms with Crippen LogP contribution in [0.2, 0.25) is 0 Å². The van der Waals surface area contributed by atoms with Gasteiger partial charge in [0.25, 0.3) is 11.8 Å². The highest BCUT2D eigenvalue weighted by Crippen LogP contribution is 2.44. The number of nitrogens with zero attached hydrogens (tertiary/aromatic N) is 5. The maximum atomic E-state index is 13.9. The topological polar surface area (TPSA) is 130 Å². The average Bonchev–Trinajstić information content (AvgIpc) is 3.64. The number of hydrogen-bond donors (Lipinski definition) is 2. The molecule has 0 fully saturated rings. The smallest absolute Gasteiger partial charge is 0.433 e. The van der Waals surface area contributed by atoms with Gasteiger partial charge < -0.3 is 15.8 Å². The Morgan fingerprint density at radius 1 is 1.14 bits per heavy atom. The van der Waals surface area contributed by atoms with Crippen molar-refractivity contribution in [1.82, 2.24) is 24.5 Å². The van der Waals surface area contributed by atoms with E-state index in [-0.39, 0.29) is 44.5 Å². The van der Waals surface area contributed by atoms with Crippen molar-refractivity contribution in [2.24, 2.45) is 5.73 Å². The first-order valence-electron chi connectivity index (χ1n) is 12.2. The molecule has 0 aliphatic carbocycles. The van der Waals surface area contributed by atoms with Crippen LogP contribution >= 0.6 is 11.3 Å². The number of aromatic nitrogens is 5. The maximum Gasteiger partial charge on any atom is 0.433 e. The predicted molar refractivity (Wildman–Crippen MR) is 142 cm³/mol. The SMILES string of the molecule is CCn1ncc(-c2cc(C(F)(F)F)nc3sc(C(N)=O)c(NC(=O)c4ccn(COc5ccc(F)cc5F)n4)c23)c1C. The number of fused-ring (bicyclic) bond motifs is 1. The van der Waals surface area contributed by atoms with Gasteiger partial charge >= 0.3 is 6.18 Å². The number of pyridine rings is 1. The molecular weight excluding hydrogens is 585 g/mol. The molecule has 218 valence electrons. The molecule has 0 unspecified atom stereocenters. The number of carbonyl (C=O) groups is 2. The zero-order chi connectivity index (χ0) is 30.3. The van der Waals surface area contributed by atoms with Crippen molar-refractivity contribution in [2.75, 3.05) is 5.32 Å². The van der Waals surface area contributed by atoms with Crippen LogP contribution in [0.25, 0.3) is 21.3 Å². The van der Waals surface area contributed by atoms with Gasteiger partial charge in [0.05, 0.1) is 11.9 Å². The van der Waals surface area contributed by atoms with E-state index in [4.69, 9.17) is 10.5 Å². The number of amides is 2. The molecule has 4 heterocycles. The van der Waals surface area contributed by atoms with Gasteiger partial charge in [-0.2, -0.15) is 23.4 Å². The van der Waals surface area contributed by atoms with Crippen molar-refractivity contribution in [1.29, 1.82) is 0 Å². The summed E-state index contributed by atoms with van der Waals surface area (Å²) in [6.07, 6.45) is -2.06. The van der Waals surface area contributed by atoms with Crippen LogP contribution in [0.5, 0.6) is 5.75 Å². The predicted octanol–water partition coefficient (Wildman–Crippen LogP) is 5.37. The number of nitrogens with two attached hydrogens (primary N) is 1. The summed E-state index contributed by atoms with van der Waals surface area (Å²) >= 11 is 0.605. The number of nitrogens with one attached hydrogen (secondary N) is 1. The second-order valence-corrected chi connectivity index (χ2v) is 9.90. The van der Waals surface area contributed by atoms with Crippen molar-refractivity contribution in [3.8, 4) is 16.9 Å². The van der Waals surface area contributed by atoms with Crippen LogP contribution in [-0.2, 0) is 19.5 Å². The summed E-state index contributed by atoms with van der Waals surface area (Å²) < 4.78 is 76.4. The third kappa shape index (κ3) is 5.39. The van der Waals surface area contributed by atoms with Gasteiger partial charge in [-0.15, -0.1) is 11.3 Å². The number of benzene rings is 1. The van der Waals surface area contributed by atoms with Gasteiger partial charge in [-0.3, -0.25) is 14.3 Å². The van der Waals surface area contributed by atoms with Crippen molar-refractivity contribution in [3.63, 3.8) is 0 Å². The summed E-state index contributed by atoms with van der Waals surface area (Å²) in [7, 11) is 0. The van der Waals surface area contributed by atoms with Crippen molar-refractivity contribution >= 4 is 39.1 Å². The molecule has 0 saturated heterocycles. The monoisotopic (exact) mass is 605 g/mol. The molecule has 42 heavy (non-hydrogen) atoms. The molecule has 1 aromatic carbocycles. The van der Waals surface area contributed by atoms with Crippen molar-refractivity contribution < 1.29 is 36.3 Å². The normalized spacial score (nSPS) is 11.7. The fourth-order valence-electron chi connectivity index (χ4n) is 4.24. The quantitative estimate of drug-likeness (QED) is 0.229. The molecular formula is C26H20F5N7O3S. The van der Waals surface area contributed by atoms with E-state index in [9.17, 15) is 31.5 Å². The Morgan fingerprint density at radius 2 is 1.90 bits per heavy atom. The molecule has 10 nitrogen and oxygen atoms in total. The van der Waals surface area contributed by atoms with E-state index in [1.165, 1.54) is 18.5 Å². The molecule has 0 bridgehead atoms. The van der Waals surface area contributed by atoms with Gasteiger partial charge in [-0.25, -0.2) is 18.4 Å². The molecule has 3 N–H and O–H groups in total. The summed E-state index contributed by atoms with van der Waals surface area (Å²) in [6.45, 7) is 3.61. The lowest BCUT2D eigenvalue weighted by Gasteiger charge is -2.12. The lowest BCUT2D eigenvalue weighted by Crippen LogP contribution is -2.18. The third-order valence-corrected chi connectivity index (χ3v) is 7.33. The number of rotatable bonds is 8. The highest BCUT2D eigenvalue weighted by molar-refractivity contribution is 7.21. The van der Waals surface area contributed by atoms with E-state index in [1.807, 2.05) is 6.92 Å². The number of anilines is 1. The van der Waals surface area contributed by atoms with Gasteiger partial charge in [0, 0.05) is 35.5 Å². The Balaban J connectivity index is 1.53. The van der Waals surface area contributed by atoms with Crippen LogP contribution in [0.3, 0.4) is 0 Å². The lowest BCUT2D eigenvalue weighted by atomic mass is 10.0. The second kappa shape index (κ2) is 10.8. The largest absolute Gasteiger partial charge is 0.468 e. The third-order valence-electron chi connectivity index (χ3n) is 6.23. The van der Waals surface area contributed by atoms with E-state index in [2.05, 4.69) is 20.5 Å². The lowest BCUT2D eigenvalue weighted by molar-refractivity contribution is -0.140. The first-order valence-corrected chi connectivity index (χ1v) is 13.0. The van der Waals surface area contributed by atoms with E-state index in [0.29, 0.717) is 35.2 Å². The number of carbonyl (C=O) groups excluding carboxylic acids is 2. The molecule has 2 amide bonds. The van der Waals surface area contributed by atoms with Gasteiger partial charge in [0.1, 0.15) is 21.2 Å². The van der Waals surface area contributed by atoms with E-state index in [0.717, 1.165) is 22.9 Å². The molecule has 4 aromatic heterocycles. The van der Waals surface area contributed by atoms with Crippen LogP contribution in [0.1, 0.15) is 38.5 Å². The number of ether oxygens (including phenoxy) is 1. The number of hydrogen-bond acceptors (Lipinski definition) is 7. The second-order valence-electron chi connectivity index (χ2n) is 8.91. The standard InChI is InChI=1S/C26H20F5N7O3S/c1-3-38-12(2)15(10-33-38)14-9-19(26(29,30)31)34-25-20(14)21(22(42-25)23(32)39)35-24(40)17-6-7-37(36-17)11-41-18-5-4-13(27)8-16(18)28/h4-10H,3,11H2,1-2H3,(H2,32,39)(H,35,40). The molecule has 16 heteroatoms. The van der Waals surface area contributed by atoms with Crippen LogP contribution in [0.15, 0.2) is 42.7 Å². The summed E-state index contributed by atoms with van der Waals surface area (Å²) in [4.78, 5) is 28.9. The molecule has 5 rings (SSSR count). The highest BCUT2D eigenvalue weighted by atomic mass is 32.1. The van der Waals surface area contributed by atoms with Crippen LogP contribution in [-0.4, -0.2) is 36.4 Å². The Hall–Kier alpha value is -4.86. The molecule has 0 spiro atoms. The number of thiophene rings is 1. The molecule has 0 aliphatic rings. The van der Waals surface area contributed by atoms with Gasteiger partial charge in [0.15, 0.2) is 24.0 Å². The van der Waals surface area contributed by atoms with E-state index in [1.54, 1.807) is 11.6 Å². The van der Waals surface area contributed by atoms with E-state index < -0.39 is 35.3 Å². The van der Waals surface area contributed by atoms with Crippen molar-refractivity contribution in [2.45, 2.75) is 33.3 Å². The van der Waals surface area contributed by atoms with Gasteiger partial charge in [0.2, 0.25) is 0 Å². The number of halogens is 5. The highest BCUT2D eigenvalue weighted by Gasteiger charge is 2.35. The fraction of sp³-hybridized carbons (Fsp3) is 0.192. The molecule has 0 aliphatic heterocycles. The van der Waals surface area contributed by atoms with Gasteiger partial charge in [-0.1, -0.05) is 0 Å². The zero-order valence-corrected chi connectivity index (χ0v) is 22.6. The first kappa shape index (κ1) is 28.7. The molecule has 0 radical (unpaired) electrons. The molecule has 5 aromatic rings. The minimum Gasteiger partial charge on any atom is -0.468 e. The fourth-order valence-corrected chi connectivity index (χ4v) is 5.25. The van der Waals surface area contributed by atoms with Crippen LogP contribution in [0, 0.1) is 18.6 Å². The Kier molecular flexibility index (Phi) is 7.40. The number of aryl methyl sites for hydroxylation is 1. The Bertz CT molecular complexity index is 1840. The van der Waals surface area contributed by atoms with Crippen molar-refractivity contribution in [3.05, 3.63) is 76.3 Å². The Labute approximate surface area is 237 Å². The maximum absolute atomic E-state index is 13.9. The summed E-state index contributed by atoms with van der Waals surface area (Å²) in [5, 5.41) is 10.9.